The normalized spacial score (nSPS) is 11.9. The number of hydrogen-bond acceptors (Lipinski definition) is 5. The number of furan rings is 1. The third-order valence-corrected chi connectivity index (χ3v) is 2.97. The monoisotopic (exact) mass is 268 g/mol. The molecule has 0 fully saturated rings. The zero-order chi connectivity index (χ0) is 14.3. The molecule has 1 aromatic carbocycles. The van der Waals surface area contributed by atoms with Gasteiger partial charge in [-0.25, -0.2) is 4.98 Å². The molecule has 0 amide bonds. The molecule has 5 nitrogen and oxygen atoms in total. The molecule has 3 aromatic rings. The molecule has 2 N–H and O–H groups in total. The maximum atomic E-state index is 5.78. The summed E-state index contributed by atoms with van der Waals surface area (Å²) in [5, 5.41) is 1.01. The van der Waals surface area contributed by atoms with Crippen molar-refractivity contribution in [1.82, 2.24) is 15.0 Å². The molecule has 0 spiro atoms. The van der Waals surface area contributed by atoms with Crippen LogP contribution in [0.2, 0.25) is 0 Å². The lowest BCUT2D eigenvalue weighted by atomic mass is 9.96. The van der Waals surface area contributed by atoms with Crippen molar-refractivity contribution in [3.05, 3.63) is 36.2 Å². The van der Waals surface area contributed by atoms with E-state index in [1.165, 1.54) is 0 Å². The first-order valence-electron chi connectivity index (χ1n) is 6.44. The minimum absolute atomic E-state index is 0.197. The highest BCUT2D eigenvalue weighted by atomic mass is 16.3. The van der Waals surface area contributed by atoms with Gasteiger partial charge < -0.3 is 10.2 Å². The second kappa shape index (κ2) is 4.30. The van der Waals surface area contributed by atoms with Crippen LogP contribution in [0.4, 0.5) is 5.95 Å². The van der Waals surface area contributed by atoms with E-state index in [9.17, 15) is 0 Å². The predicted octanol–water partition coefficient (Wildman–Crippen LogP) is 3.16. The van der Waals surface area contributed by atoms with E-state index < -0.39 is 0 Å². The molecule has 0 atom stereocenters. The standard InChI is InChI=1S/C15H16N4O/c1-15(2,3)13-17-12(18-14(16)19-13)11-8-9-6-4-5-7-10(9)20-11/h4-8H,1-3H3,(H2,16,17,18,19). The lowest BCUT2D eigenvalue weighted by molar-refractivity contribution is 0.541. The number of para-hydroxylation sites is 1. The average Bonchev–Trinajstić information content (AvgIpc) is 2.80. The summed E-state index contributed by atoms with van der Waals surface area (Å²) in [6.07, 6.45) is 0. The number of hydrogen-bond donors (Lipinski definition) is 1. The van der Waals surface area contributed by atoms with E-state index in [1.807, 2.05) is 51.1 Å². The van der Waals surface area contributed by atoms with Gasteiger partial charge in [0.25, 0.3) is 0 Å². The summed E-state index contributed by atoms with van der Waals surface area (Å²) in [5.41, 5.74) is 6.39. The van der Waals surface area contributed by atoms with Crippen LogP contribution in [0.3, 0.4) is 0 Å². The van der Waals surface area contributed by atoms with Gasteiger partial charge in [0.2, 0.25) is 11.8 Å². The third kappa shape index (κ3) is 2.22. The summed E-state index contributed by atoms with van der Waals surface area (Å²) < 4.78 is 5.77. The number of anilines is 1. The summed E-state index contributed by atoms with van der Waals surface area (Å²) >= 11 is 0. The third-order valence-electron chi connectivity index (χ3n) is 2.97. The van der Waals surface area contributed by atoms with Gasteiger partial charge in [-0.2, -0.15) is 9.97 Å². The smallest absolute Gasteiger partial charge is 0.223 e. The van der Waals surface area contributed by atoms with Gasteiger partial charge in [-0.1, -0.05) is 39.0 Å². The van der Waals surface area contributed by atoms with Crippen molar-refractivity contribution in [2.75, 3.05) is 5.73 Å². The minimum atomic E-state index is -0.197. The molecular formula is C15H16N4O. The van der Waals surface area contributed by atoms with Crippen molar-refractivity contribution in [2.45, 2.75) is 26.2 Å². The molecule has 5 heteroatoms. The molecule has 0 saturated heterocycles. The summed E-state index contributed by atoms with van der Waals surface area (Å²) in [4.78, 5) is 12.8. The van der Waals surface area contributed by atoms with E-state index in [-0.39, 0.29) is 11.4 Å². The van der Waals surface area contributed by atoms with Gasteiger partial charge in [0, 0.05) is 10.8 Å². The quantitative estimate of drug-likeness (QED) is 0.733. The highest BCUT2D eigenvalue weighted by Gasteiger charge is 2.20. The Morgan fingerprint density at radius 1 is 1.05 bits per heavy atom. The van der Waals surface area contributed by atoms with Crippen LogP contribution in [0.25, 0.3) is 22.6 Å². The number of nitrogen functional groups attached to an aromatic ring is 1. The Balaban J connectivity index is 2.16. The second-order valence-electron chi connectivity index (χ2n) is 5.74. The Bertz CT molecular complexity index is 738. The predicted molar refractivity (Wildman–Crippen MR) is 78.1 cm³/mol. The SMILES string of the molecule is CC(C)(C)c1nc(N)nc(-c2cc3ccccc3o2)n1. The Kier molecular flexibility index (Phi) is 2.71. The van der Waals surface area contributed by atoms with Crippen LogP contribution in [0, 0.1) is 0 Å². The van der Waals surface area contributed by atoms with Crippen molar-refractivity contribution in [1.29, 1.82) is 0 Å². The summed E-state index contributed by atoms with van der Waals surface area (Å²) in [6, 6.07) is 9.70. The van der Waals surface area contributed by atoms with Crippen LogP contribution in [-0.4, -0.2) is 15.0 Å². The van der Waals surface area contributed by atoms with E-state index in [1.54, 1.807) is 0 Å². The van der Waals surface area contributed by atoms with Crippen molar-refractivity contribution in [3.8, 4) is 11.6 Å². The van der Waals surface area contributed by atoms with Crippen LogP contribution in [0.15, 0.2) is 34.7 Å². The Labute approximate surface area is 116 Å². The zero-order valence-corrected chi connectivity index (χ0v) is 11.7. The number of rotatable bonds is 1. The van der Waals surface area contributed by atoms with Crippen LogP contribution >= 0.6 is 0 Å². The molecule has 0 unspecified atom stereocenters. The zero-order valence-electron chi connectivity index (χ0n) is 11.7. The van der Waals surface area contributed by atoms with E-state index in [0.29, 0.717) is 17.4 Å². The fourth-order valence-corrected chi connectivity index (χ4v) is 1.93. The maximum Gasteiger partial charge on any atom is 0.223 e. The summed E-state index contributed by atoms with van der Waals surface area (Å²) in [6.45, 7) is 6.10. The average molecular weight is 268 g/mol. The number of fused-ring (bicyclic) bond motifs is 1. The van der Waals surface area contributed by atoms with Crippen molar-refractivity contribution in [2.24, 2.45) is 0 Å². The highest BCUT2D eigenvalue weighted by molar-refractivity contribution is 5.81. The van der Waals surface area contributed by atoms with Crippen LogP contribution in [-0.2, 0) is 5.41 Å². The van der Waals surface area contributed by atoms with Gasteiger partial charge in [-0.3, -0.25) is 0 Å². The molecule has 2 heterocycles. The van der Waals surface area contributed by atoms with Crippen LogP contribution in [0.5, 0.6) is 0 Å². The van der Waals surface area contributed by atoms with Gasteiger partial charge >= 0.3 is 0 Å². The van der Waals surface area contributed by atoms with E-state index in [0.717, 1.165) is 11.0 Å². The van der Waals surface area contributed by atoms with Crippen molar-refractivity contribution >= 4 is 16.9 Å². The molecule has 0 saturated carbocycles. The molecule has 0 aliphatic rings. The van der Waals surface area contributed by atoms with Crippen molar-refractivity contribution < 1.29 is 4.42 Å². The molecule has 20 heavy (non-hydrogen) atoms. The van der Waals surface area contributed by atoms with Gasteiger partial charge in [0.1, 0.15) is 11.4 Å². The van der Waals surface area contributed by atoms with Crippen molar-refractivity contribution in [3.63, 3.8) is 0 Å². The van der Waals surface area contributed by atoms with Crippen LogP contribution in [0.1, 0.15) is 26.6 Å². The fourth-order valence-electron chi connectivity index (χ4n) is 1.93. The largest absolute Gasteiger partial charge is 0.453 e. The number of nitrogens with two attached hydrogens (primary N) is 1. The van der Waals surface area contributed by atoms with E-state index >= 15 is 0 Å². The molecule has 0 bridgehead atoms. The molecule has 2 aromatic heterocycles. The Morgan fingerprint density at radius 2 is 1.80 bits per heavy atom. The van der Waals surface area contributed by atoms with Gasteiger partial charge in [0.15, 0.2) is 5.76 Å². The number of nitrogens with zero attached hydrogens (tertiary/aromatic N) is 3. The minimum Gasteiger partial charge on any atom is -0.453 e. The van der Waals surface area contributed by atoms with E-state index in [2.05, 4.69) is 15.0 Å². The lowest BCUT2D eigenvalue weighted by Crippen LogP contribution is -2.18. The highest BCUT2D eigenvalue weighted by Crippen LogP contribution is 2.27. The topological polar surface area (TPSA) is 77.8 Å². The van der Waals surface area contributed by atoms with Crippen LogP contribution < -0.4 is 5.73 Å². The Morgan fingerprint density at radius 3 is 2.50 bits per heavy atom. The first kappa shape index (κ1) is 12.6. The van der Waals surface area contributed by atoms with E-state index in [4.69, 9.17) is 10.2 Å². The first-order valence-corrected chi connectivity index (χ1v) is 6.44. The molecule has 0 aliphatic heterocycles. The number of aromatic nitrogens is 3. The lowest BCUT2D eigenvalue weighted by Gasteiger charge is -2.16. The fraction of sp³-hybridized carbons (Fsp3) is 0.267. The summed E-state index contributed by atoms with van der Waals surface area (Å²) in [5.74, 6) is 1.94. The molecule has 0 radical (unpaired) electrons. The Hall–Kier alpha value is -2.43. The molecular weight excluding hydrogens is 252 g/mol. The van der Waals surface area contributed by atoms with Gasteiger partial charge in [0.05, 0.1) is 0 Å². The second-order valence-corrected chi connectivity index (χ2v) is 5.74. The first-order chi connectivity index (χ1) is 9.43. The van der Waals surface area contributed by atoms with Gasteiger partial charge in [-0.05, 0) is 12.1 Å². The molecule has 0 aliphatic carbocycles. The van der Waals surface area contributed by atoms with Gasteiger partial charge in [-0.15, -0.1) is 0 Å². The number of benzene rings is 1. The molecule has 3 rings (SSSR count). The maximum absolute atomic E-state index is 5.78. The summed E-state index contributed by atoms with van der Waals surface area (Å²) in [7, 11) is 0. The molecule has 102 valence electrons.